The van der Waals surface area contributed by atoms with Gasteiger partial charge in [0.05, 0.1) is 5.25 Å². The molecule has 1 saturated heterocycles. The first-order chi connectivity index (χ1) is 12.0. The summed E-state index contributed by atoms with van der Waals surface area (Å²) in [6, 6.07) is 14.2. The highest BCUT2D eigenvalue weighted by Gasteiger charge is 2.31. The number of carbonyl (C=O) groups excluding carboxylic acids is 2. The van der Waals surface area contributed by atoms with Gasteiger partial charge in [0.2, 0.25) is 5.91 Å². The lowest BCUT2D eigenvalue weighted by Crippen LogP contribution is -2.25. The molecule has 0 spiro atoms. The highest BCUT2D eigenvalue weighted by molar-refractivity contribution is 8.15. The Morgan fingerprint density at radius 2 is 1.96 bits per heavy atom. The second-order valence-corrected chi connectivity index (χ2v) is 7.23. The maximum absolute atomic E-state index is 11.6. The van der Waals surface area contributed by atoms with Crippen LogP contribution in [0.1, 0.15) is 17.2 Å². The van der Waals surface area contributed by atoms with Crippen LogP contribution in [0.2, 0.25) is 5.02 Å². The summed E-state index contributed by atoms with van der Waals surface area (Å²) in [6.07, 6.45) is -0.295. The zero-order chi connectivity index (χ0) is 17.8. The van der Waals surface area contributed by atoms with Gasteiger partial charge in [-0.05, 0) is 41.8 Å². The smallest absolute Gasteiger partial charge is 0.286 e. The molecule has 2 aromatic rings. The van der Waals surface area contributed by atoms with Gasteiger partial charge in [0.15, 0.2) is 0 Å². The molecule has 0 saturated carbocycles. The van der Waals surface area contributed by atoms with Gasteiger partial charge >= 0.3 is 0 Å². The number of imide groups is 1. The van der Waals surface area contributed by atoms with Crippen molar-refractivity contribution in [3.63, 3.8) is 0 Å². The zero-order valence-corrected chi connectivity index (χ0v) is 14.7. The average molecular weight is 378 g/mol. The summed E-state index contributed by atoms with van der Waals surface area (Å²) in [5, 5.41) is 12.3. The summed E-state index contributed by atoms with van der Waals surface area (Å²) < 4.78 is 5.59. The van der Waals surface area contributed by atoms with Gasteiger partial charge in [0.25, 0.3) is 5.24 Å². The monoisotopic (exact) mass is 377 g/mol. The molecular formula is C18H16ClNO4S. The fourth-order valence-corrected chi connectivity index (χ4v) is 3.51. The van der Waals surface area contributed by atoms with Crippen molar-refractivity contribution < 1.29 is 19.4 Å². The van der Waals surface area contributed by atoms with Crippen molar-refractivity contribution in [3.05, 3.63) is 64.7 Å². The van der Waals surface area contributed by atoms with Crippen LogP contribution in [0, 0.1) is 0 Å². The second kappa shape index (κ2) is 7.91. The molecule has 25 heavy (non-hydrogen) atoms. The summed E-state index contributed by atoms with van der Waals surface area (Å²) >= 11 is 6.92. The number of aliphatic hydroxyl groups excluding tert-OH is 1. The van der Waals surface area contributed by atoms with Gasteiger partial charge in [-0.1, -0.05) is 47.6 Å². The maximum atomic E-state index is 11.6. The van der Waals surface area contributed by atoms with Crippen LogP contribution in [0.25, 0.3) is 0 Å². The lowest BCUT2D eigenvalue weighted by atomic mass is 10.1. The molecule has 2 amide bonds. The predicted molar refractivity (Wildman–Crippen MR) is 97.0 cm³/mol. The van der Waals surface area contributed by atoms with Gasteiger partial charge in [-0.3, -0.25) is 14.9 Å². The molecule has 1 aliphatic rings. The minimum atomic E-state index is -0.775. The van der Waals surface area contributed by atoms with Crippen molar-refractivity contribution >= 4 is 34.5 Å². The number of carbonyl (C=O) groups is 2. The van der Waals surface area contributed by atoms with Gasteiger partial charge in [0, 0.05) is 5.02 Å². The molecule has 7 heteroatoms. The molecule has 130 valence electrons. The molecule has 5 nitrogen and oxygen atoms in total. The van der Waals surface area contributed by atoms with Crippen LogP contribution in [-0.2, 0) is 11.2 Å². The molecule has 1 fully saturated rings. The van der Waals surface area contributed by atoms with E-state index in [0.29, 0.717) is 22.8 Å². The molecule has 0 aliphatic carbocycles. The van der Waals surface area contributed by atoms with E-state index in [-0.39, 0.29) is 23.0 Å². The van der Waals surface area contributed by atoms with E-state index in [2.05, 4.69) is 5.32 Å². The number of aliphatic hydroxyl groups is 1. The number of benzene rings is 2. The third-order valence-electron chi connectivity index (χ3n) is 3.75. The van der Waals surface area contributed by atoms with Crippen LogP contribution < -0.4 is 10.1 Å². The van der Waals surface area contributed by atoms with E-state index < -0.39 is 6.10 Å². The van der Waals surface area contributed by atoms with E-state index >= 15 is 0 Å². The van der Waals surface area contributed by atoms with Crippen LogP contribution in [0.3, 0.4) is 0 Å². The number of ether oxygens (including phenoxy) is 1. The van der Waals surface area contributed by atoms with E-state index in [4.69, 9.17) is 16.3 Å². The Bertz CT molecular complexity index is 781. The average Bonchev–Trinajstić information content (AvgIpc) is 2.91. The highest BCUT2D eigenvalue weighted by Crippen LogP contribution is 2.24. The quantitative estimate of drug-likeness (QED) is 0.807. The van der Waals surface area contributed by atoms with E-state index in [0.717, 1.165) is 17.3 Å². The van der Waals surface area contributed by atoms with Crippen LogP contribution in [0.15, 0.2) is 48.5 Å². The van der Waals surface area contributed by atoms with Crippen LogP contribution >= 0.6 is 23.4 Å². The zero-order valence-electron chi connectivity index (χ0n) is 13.1. The molecule has 2 atom stereocenters. The molecule has 0 radical (unpaired) electrons. The number of hydrogen-bond acceptors (Lipinski definition) is 5. The number of hydrogen-bond donors (Lipinski definition) is 2. The van der Waals surface area contributed by atoms with Crippen LogP contribution in [0.4, 0.5) is 4.79 Å². The molecule has 0 bridgehead atoms. The number of rotatable bonds is 6. The van der Waals surface area contributed by atoms with E-state index in [9.17, 15) is 14.7 Å². The molecule has 1 heterocycles. The minimum Gasteiger partial charge on any atom is -0.491 e. The Morgan fingerprint density at radius 3 is 2.60 bits per heavy atom. The minimum absolute atomic E-state index is 0.106. The molecule has 0 aromatic heterocycles. The topological polar surface area (TPSA) is 75.6 Å². The number of thioether (sulfide) groups is 1. The van der Waals surface area contributed by atoms with Crippen molar-refractivity contribution in [3.8, 4) is 5.75 Å². The van der Waals surface area contributed by atoms with Crippen molar-refractivity contribution in [1.82, 2.24) is 5.32 Å². The SMILES string of the molecule is O=C1NC(=O)C(Cc2ccc(OC[C@@H](O)c3cccc(Cl)c3)cc2)S1. The standard InChI is InChI=1S/C18H16ClNO4S/c19-13-3-1-2-12(9-13)15(21)10-24-14-6-4-11(5-7-14)8-16-17(22)20-18(23)25-16/h1-7,9,15-16,21H,8,10H2,(H,20,22,23)/t15-,16?/m1/s1. The number of nitrogens with one attached hydrogen (secondary N) is 1. The molecule has 3 rings (SSSR count). The Kier molecular flexibility index (Phi) is 5.63. The molecule has 2 aromatic carbocycles. The fourth-order valence-electron chi connectivity index (χ4n) is 2.45. The Labute approximate surface area is 154 Å². The third-order valence-corrected chi connectivity index (χ3v) is 4.97. The molecule has 1 aliphatic heterocycles. The highest BCUT2D eigenvalue weighted by atomic mass is 35.5. The lowest BCUT2D eigenvalue weighted by molar-refractivity contribution is -0.118. The molecule has 1 unspecified atom stereocenters. The maximum Gasteiger partial charge on any atom is 0.286 e. The summed E-state index contributed by atoms with van der Waals surface area (Å²) in [4.78, 5) is 22.8. The van der Waals surface area contributed by atoms with Gasteiger partial charge < -0.3 is 9.84 Å². The summed E-state index contributed by atoms with van der Waals surface area (Å²) in [5.41, 5.74) is 1.63. The summed E-state index contributed by atoms with van der Waals surface area (Å²) in [7, 11) is 0. The molecule has 2 N–H and O–H groups in total. The number of halogens is 1. The van der Waals surface area contributed by atoms with Crippen molar-refractivity contribution in [2.24, 2.45) is 0 Å². The third kappa shape index (κ3) is 4.75. The van der Waals surface area contributed by atoms with Gasteiger partial charge in [0.1, 0.15) is 18.5 Å². The lowest BCUT2D eigenvalue weighted by Gasteiger charge is -2.13. The predicted octanol–water partition coefficient (Wildman–Crippen LogP) is 3.35. The summed E-state index contributed by atoms with van der Waals surface area (Å²) in [6.45, 7) is 0.106. The first-order valence-corrected chi connectivity index (χ1v) is 8.94. The van der Waals surface area contributed by atoms with Gasteiger partial charge in [-0.2, -0.15) is 0 Å². The second-order valence-electron chi connectivity index (χ2n) is 5.61. The summed E-state index contributed by atoms with van der Waals surface area (Å²) in [5.74, 6) is 0.365. The van der Waals surface area contributed by atoms with Gasteiger partial charge in [-0.25, -0.2) is 0 Å². The molecular weight excluding hydrogens is 362 g/mol. The van der Waals surface area contributed by atoms with Crippen molar-refractivity contribution in [2.75, 3.05) is 6.61 Å². The Morgan fingerprint density at radius 1 is 1.20 bits per heavy atom. The first kappa shape index (κ1) is 17.8. The van der Waals surface area contributed by atoms with Crippen molar-refractivity contribution in [2.45, 2.75) is 17.8 Å². The number of amides is 2. The first-order valence-electron chi connectivity index (χ1n) is 7.68. The largest absolute Gasteiger partial charge is 0.491 e. The van der Waals surface area contributed by atoms with E-state index in [1.807, 2.05) is 12.1 Å². The van der Waals surface area contributed by atoms with Crippen molar-refractivity contribution in [1.29, 1.82) is 0 Å². The Hall–Kier alpha value is -2.02. The van der Waals surface area contributed by atoms with E-state index in [1.54, 1.807) is 36.4 Å². The van der Waals surface area contributed by atoms with E-state index in [1.165, 1.54) is 0 Å². The normalized spacial score (nSPS) is 18.1. The van der Waals surface area contributed by atoms with Crippen LogP contribution in [0.5, 0.6) is 5.75 Å². The Balaban J connectivity index is 1.54. The fraction of sp³-hybridized carbons (Fsp3) is 0.222. The van der Waals surface area contributed by atoms with Crippen LogP contribution in [-0.4, -0.2) is 28.1 Å². The van der Waals surface area contributed by atoms with Gasteiger partial charge in [-0.15, -0.1) is 0 Å².